The van der Waals surface area contributed by atoms with Gasteiger partial charge in [-0.15, -0.1) is 5.10 Å². The molecule has 1 aromatic heterocycles. The molecule has 0 aliphatic heterocycles. The maximum atomic E-state index is 11.9. The highest BCUT2D eigenvalue weighted by Gasteiger charge is 2.16. The molecule has 2 N–H and O–H groups in total. The minimum atomic E-state index is -3.81. The molecule has 140 valence electrons. The number of benzene rings is 3. The predicted molar refractivity (Wildman–Crippen MR) is 110 cm³/mol. The van der Waals surface area contributed by atoms with Gasteiger partial charge < -0.3 is 0 Å². The van der Waals surface area contributed by atoms with Crippen LogP contribution in [0.4, 0.5) is 0 Å². The molecule has 3 aromatic carbocycles. The third kappa shape index (κ3) is 3.52. The van der Waals surface area contributed by atoms with Gasteiger partial charge in [0.05, 0.1) is 10.6 Å². The van der Waals surface area contributed by atoms with E-state index in [0.717, 1.165) is 22.0 Å². The molecule has 0 fully saturated rings. The first kappa shape index (κ1) is 18.3. The summed E-state index contributed by atoms with van der Waals surface area (Å²) in [6, 6.07) is 23.1. The largest absolute Gasteiger partial charge is 0.238 e. The second kappa shape index (κ2) is 7.14. The number of primary sulfonamides is 1. The van der Waals surface area contributed by atoms with Crippen molar-refractivity contribution in [2.75, 3.05) is 0 Å². The fourth-order valence-corrected chi connectivity index (χ4v) is 4.15. The number of nitrogens with two attached hydrogens (primary N) is 1. The van der Waals surface area contributed by atoms with Gasteiger partial charge in [0.15, 0.2) is 0 Å². The van der Waals surface area contributed by atoms with Crippen LogP contribution >= 0.6 is 0 Å². The summed E-state index contributed by atoms with van der Waals surface area (Å²) >= 11 is 0. The van der Waals surface area contributed by atoms with Crippen LogP contribution in [-0.4, -0.2) is 18.6 Å². The average molecular weight is 389 g/mol. The standard InChI is InChI=1S/C22H19N3O2S/c1-15-11-12-17(14-21(15)28(23,26)27)22-19-10-6-5-9-18(19)20(24-25-22)13-16-7-3-2-4-8-16/h2-12,14H,13H2,1H3,(H2,23,26,27). The van der Waals surface area contributed by atoms with Crippen molar-refractivity contribution >= 4 is 20.8 Å². The van der Waals surface area contributed by atoms with Crippen molar-refractivity contribution in [1.82, 2.24) is 10.2 Å². The lowest BCUT2D eigenvalue weighted by atomic mass is 10.00. The molecule has 0 saturated heterocycles. The number of aryl methyl sites for hydroxylation is 1. The molecule has 0 aliphatic rings. The van der Waals surface area contributed by atoms with Crippen LogP contribution in [0.15, 0.2) is 77.7 Å². The summed E-state index contributed by atoms with van der Waals surface area (Å²) in [7, 11) is -3.81. The molecule has 0 saturated carbocycles. The van der Waals surface area contributed by atoms with Gasteiger partial charge >= 0.3 is 0 Å². The average Bonchev–Trinajstić information content (AvgIpc) is 2.69. The van der Waals surface area contributed by atoms with Crippen LogP contribution in [0.25, 0.3) is 22.0 Å². The van der Waals surface area contributed by atoms with E-state index < -0.39 is 10.0 Å². The number of rotatable bonds is 4. The normalized spacial score (nSPS) is 11.6. The van der Waals surface area contributed by atoms with Crippen LogP contribution in [0.2, 0.25) is 0 Å². The number of fused-ring (bicyclic) bond motifs is 1. The van der Waals surface area contributed by atoms with Gasteiger partial charge in [0.1, 0.15) is 5.69 Å². The van der Waals surface area contributed by atoms with Crippen molar-refractivity contribution in [2.45, 2.75) is 18.2 Å². The van der Waals surface area contributed by atoms with E-state index in [1.165, 1.54) is 0 Å². The zero-order valence-electron chi connectivity index (χ0n) is 15.3. The van der Waals surface area contributed by atoms with Gasteiger partial charge in [-0.2, -0.15) is 5.10 Å². The monoisotopic (exact) mass is 389 g/mol. The molecule has 0 spiro atoms. The molecule has 0 unspecified atom stereocenters. The SMILES string of the molecule is Cc1ccc(-c2nnc(Cc3ccccc3)c3ccccc23)cc1S(N)(=O)=O. The Bertz CT molecular complexity index is 1270. The van der Waals surface area contributed by atoms with E-state index in [1.54, 1.807) is 19.1 Å². The Hall–Kier alpha value is -3.09. The molecule has 0 amide bonds. The smallest absolute Gasteiger partial charge is 0.225 e. The highest BCUT2D eigenvalue weighted by molar-refractivity contribution is 7.89. The summed E-state index contributed by atoms with van der Waals surface area (Å²) in [5.41, 5.74) is 3.94. The molecule has 4 aromatic rings. The van der Waals surface area contributed by atoms with Gasteiger partial charge in [0.2, 0.25) is 10.0 Å². The van der Waals surface area contributed by atoms with Gasteiger partial charge in [-0.3, -0.25) is 0 Å². The van der Waals surface area contributed by atoms with E-state index in [2.05, 4.69) is 22.3 Å². The van der Waals surface area contributed by atoms with E-state index in [0.29, 0.717) is 23.2 Å². The molecule has 1 heterocycles. The molecule has 0 radical (unpaired) electrons. The molecular formula is C22H19N3O2S. The summed E-state index contributed by atoms with van der Waals surface area (Å²) in [5.74, 6) is 0. The fourth-order valence-electron chi connectivity index (χ4n) is 3.35. The maximum absolute atomic E-state index is 11.9. The lowest BCUT2D eigenvalue weighted by Crippen LogP contribution is -2.13. The Labute approximate surface area is 163 Å². The molecule has 28 heavy (non-hydrogen) atoms. The Kier molecular flexibility index (Phi) is 4.66. The molecule has 0 aliphatic carbocycles. The van der Waals surface area contributed by atoms with Crippen LogP contribution in [0.1, 0.15) is 16.8 Å². The molecule has 0 atom stereocenters. The van der Waals surface area contributed by atoms with Crippen molar-refractivity contribution in [1.29, 1.82) is 0 Å². The van der Waals surface area contributed by atoms with Crippen LogP contribution in [0.5, 0.6) is 0 Å². The first-order valence-electron chi connectivity index (χ1n) is 8.85. The molecule has 5 nitrogen and oxygen atoms in total. The van der Waals surface area contributed by atoms with Gasteiger partial charge in [0.25, 0.3) is 0 Å². The summed E-state index contributed by atoms with van der Waals surface area (Å²) in [5, 5.41) is 16.2. The third-order valence-corrected chi connectivity index (χ3v) is 5.80. The number of hydrogen-bond donors (Lipinski definition) is 1. The van der Waals surface area contributed by atoms with Crippen molar-refractivity contribution in [3.8, 4) is 11.3 Å². The Balaban J connectivity index is 1.88. The zero-order valence-corrected chi connectivity index (χ0v) is 16.1. The fraction of sp³-hybridized carbons (Fsp3) is 0.0909. The van der Waals surface area contributed by atoms with Gasteiger partial charge in [-0.1, -0.05) is 66.7 Å². The Morgan fingerprint density at radius 3 is 2.25 bits per heavy atom. The third-order valence-electron chi connectivity index (χ3n) is 4.75. The van der Waals surface area contributed by atoms with Crippen molar-refractivity contribution in [3.05, 3.63) is 89.6 Å². The molecule has 6 heteroatoms. The molecule has 4 rings (SSSR count). The first-order valence-corrected chi connectivity index (χ1v) is 10.4. The lowest BCUT2D eigenvalue weighted by molar-refractivity contribution is 0.597. The number of aromatic nitrogens is 2. The number of nitrogens with zero attached hydrogens (tertiary/aromatic N) is 2. The van der Waals surface area contributed by atoms with Crippen LogP contribution < -0.4 is 5.14 Å². The Morgan fingerprint density at radius 1 is 0.857 bits per heavy atom. The zero-order chi connectivity index (χ0) is 19.7. The van der Waals surface area contributed by atoms with Crippen LogP contribution in [0, 0.1) is 6.92 Å². The van der Waals surface area contributed by atoms with Gasteiger partial charge in [0, 0.05) is 22.8 Å². The van der Waals surface area contributed by atoms with E-state index in [1.807, 2.05) is 48.5 Å². The van der Waals surface area contributed by atoms with Crippen molar-refractivity contribution in [3.63, 3.8) is 0 Å². The summed E-state index contributed by atoms with van der Waals surface area (Å²) in [6.07, 6.45) is 0.672. The Morgan fingerprint density at radius 2 is 1.54 bits per heavy atom. The summed E-state index contributed by atoms with van der Waals surface area (Å²) in [4.78, 5) is 0.101. The van der Waals surface area contributed by atoms with Crippen LogP contribution in [-0.2, 0) is 16.4 Å². The second-order valence-corrected chi connectivity index (χ2v) is 8.26. The van der Waals surface area contributed by atoms with E-state index in [4.69, 9.17) is 5.14 Å². The lowest BCUT2D eigenvalue weighted by Gasteiger charge is -2.11. The van der Waals surface area contributed by atoms with E-state index >= 15 is 0 Å². The van der Waals surface area contributed by atoms with Gasteiger partial charge in [-0.25, -0.2) is 13.6 Å². The predicted octanol–water partition coefficient (Wildman–Crippen LogP) is 3.84. The molecular weight excluding hydrogens is 370 g/mol. The van der Waals surface area contributed by atoms with E-state index in [9.17, 15) is 8.42 Å². The van der Waals surface area contributed by atoms with Gasteiger partial charge in [-0.05, 0) is 24.1 Å². The van der Waals surface area contributed by atoms with Crippen molar-refractivity contribution < 1.29 is 8.42 Å². The topological polar surface area (TPSA) is 85.9 Å². The maximum Gasteiger partial charge on any atom is 0.238 e. The summed E-state index contributed by atoms with van der Waals surface area (Å²) in [6.45, 7) is 1.72. The number of sulfonamides is 1. The summed E-state index contributed by atoms with van der Waals surface area (Å²) < 4.78 is 23.8. The highest BCUT2D eigenvalue weighted by Crippen LogP contribution is 2.30. The first-order chi connectivity index (χ1) is 13.4. The molecule has 0 bridgehead atoms. The van der Waals surface area contributed by atoms with Crippen molar-refractivity contribution in [2.24, 2.45) is 5.14 Å². The minimum Gasteiger partial charge on any atom is -0.225 e. The minimum absolute atomic E-state index is 0.101. The van der Waals surface area contributed by atoms with E-state index in [-0.39, 0.29) is 4.90 Å². The quantitative estimate of drug-likeness (QED) is 0.574. The highest BCUT2D eigenvalue weighted by atomic mass is 32.2. The van der Waals surface area contributed by atoms with Crippen LogP contribution in [0.3, 0.4) is 0 Å². The second-order valence-electron chi connectivity index (χ2n) is 6.73. The number of hydrogen-bond acceptors (Lipinski definition) is 4.